The number of thiazole rings is 1. The van der Waals surface area contributed by atoms with Crippen LogP contribution in [0.4, 0.5) is 0 Å². The quantitative estimate of drug-likeness (QED) is 0.566. The Morgan fingerprint density at radius 3 is 2.76 bits per heavy atom. The van der Waals surface area contributed by atoms with Crippen LogP contribution in [-0.2, 0) is 20.7 Å². The zero-order valence-electron chi connectivity index (χ0n) is 16.5. The van der Waals surface area contributed by atoms with Crippen molar-refractivity contribution in [3.8, 4) is 0 Å². The number of allylic oxidation sites excluding steroid dienone is 4. The Hall–Kier alpha value is -2.29. The van der Waals surface area contributed by atoms with Crippen LogP contribution in [0.1, 0.15) is 37.4 Å². The summed E-state index contributed by atoms with van der Waals surface area (Å²) in [6, 6.07) is -1.92. The number of nitrogens with zero attached hydrogens (tertiary/aromatic N) is 1. The zero-order valence-corrected chi connectivity index (χ0v) is 17.3. The van der Waals surface area contributed by atoms with Crippen LogP contribution < -0.4 is 5.32 Å². The maximum atomic E-state index is 11.7. The number of carbonyl (C=O) groups is 2. The molecule has 1 aromatic heterocycles. The van der Waals surface area contributed by atoms with Crippen molar-refractivity contribution in [1.29, 1.82) is 0 Å². The number of aliphatic carboxylic acids is 2. The summed E-state index contributed by atoms with van der Waals surface area (Å²) < 4.78 is 5.66. The summed E-state index contributed by atoms with van der Waals surface area (Å²) in [7, 11) is 0. The first-order valence-electron chi connectivity index (χ1n) is 9.70. The maximum Gasteiger partial charge on any atom is 0.321 e. The predicted octanol–water partition coefficient (Wildman–Crippen LogP) is 2.90. The van der Waals surface area contributed by atoms with Gasteiger partial charge in [-0.2, -0.15) is 0 Å². The van der Waals surface area contributed by atoms with E-state index in [4.69, 9.17) is 4.74 Å². The fourth-order valence-corrected chi connectivity index (χ4v) is 4.27. The van der Waals surface area contributed by atoms with Gasteiger partial charge in [-0.3, -0.25) is 14.9 Å². The van der Waals surface area contributed by atoms with Gasteiger partial charge in [0.1, 0.15) is 17.1 Å². The predicted molar refractivity (Wildman–Crippen MR) is 111 cm³/mol. The van der Waals surface area contributed by atoms with E-state index < -0.39 is 24.0 Å². The van der Waals surface area contributed by atoms with Crippen LogP contribution in [0, 0.1) is 5.92 Å². The van der Waals surface area contributed by atoms with Crippen LogP contribution in [0.5, 0.6) is 0 Å². The fraction of sp³-hybridized carbons (Fsp3) is 0.476. The van der Waals surface area contributed by atoms with Crippen LogP contribution in [0.2, 0.25) is 0 Å². The van der Waals surface area contributed by atoms with Crippen molar-refractivity contribution in [3.63, 3.8) is 0 Å². The van der Waals surface area contributed by atoms with E-state index in [0.29, 0.717) is 18.7 Å². The normalized spacial score (nSPS) is 20.6. The summed E-state index contributed by atoms with van der Waals surface area (Å²) in [5, 5.41) is 24.4. The number of nitrogens with one attached hydrogen (secondary N) is 1. The molecule has 1 fully saturated rings. The molecule has 0 amide bonds. The van der Waals surface area contributed by atoms with Crippen molar-refractivity contribution >= 4 is 28.8 Å². The van der Waals surface area contributed by atoms with Crippen LogP contribution in [-0.4, -0.2) is 51.9 Å². The molecule has 0 radical (unpaired) electrons. The average Bonchev–Trinajstić information content (AvgIpc) is 3.24. The minimum Gasteiger partial charge on any atom is -0.480 e. The van der Waals surface area contributed by atoms with Gasteiger partial charge in [-0.25, -0.2) is 4.98 Å². The molecule has 1 aliphatic carbocycles. The topological polar surface area (TPSA) is 109 Å². The third-order valence-electron chi connectivity index (χ3n) is 4.87. The van der Waals surface area contributed by atoms with E-state index in [1.807, 2.05) is 37.5 Å². The lowest BCUT2D eigenvalue weighted by Crippen LogP contribution is -2.48. The van der Waals surface area contributed by atoms with Gasteiger partial charge in [-0.05, 0) is 30.4 Å². The lowest BCUT2D eigenvalue weighted by molar-refractivity contribution is -0.142. The van der Waals surface area contributed by atoms with Gasteiger partial charge < -0.3 is 14.9 Å². The van der Waals surface area contributed by atoms with Crippen molar-refractivity contribution in [3.05, 3.63) is 46.0 Å². The van der Waals surface area contributed by atoms with E-state index in [9.17, 15) is 19.8 Å². The van der Waals surface area contributed by atoms with Crippen molar-refractivity contribution in [2.45, 2.75) is 51.3 Å². The summed E-state index contributed by atoms with van der Waals surface area (Å²) in [4.78, 5) is 27.8. The largest absolute Gasteiger partial charge is 0.480 e. The van der Waals surface area contributed by atoms with Gasteiger partial charge in [0, 0.05) is 17.4 Å². The maximum absolute atomic E-state index is 11.7. The molecular formula is C21H26N2O5S. The Morgan fingerprint density at radius 1 is 1.31 bits per heavy atom. The Bertz CT molecular complexity index is 855. The molecule has 1 aromatic rings. The highest BCUT2D eigenvalue weighted by atomic mass is 32.1. The molecule has 3 rings (SSSR count). The monoisotopic (exact) mass is 418 g/mol. The summed E-state index contributed by atoms with van der Waals surface area (Å²) in [6.45, 7) is 4.53. The second kappa shape index (κ2) is 9.47. The highest BCUT2D eigenvalue weighted by molar-refractivity contribution is 7.10. The highest BCUT2D eigenvalue weighted by Crippen LogP contribution is 2.30. The van der Waals surface area contributed by atoms with Gasteiger partial charge in [-0.1, -0.05) is 32.1 Å². The molecule has 0 aromatic carbocycles. The number of rotatable bonds is 9. The van der Waals surface area contributed by atoms with Gasteiger partial charge >= 0.3 is 11.9 Å². The number of ether oxygens (including phenoxy) is 1. The molecular weight excluding hydrogens is 392 g/mol. The lowest BCUT2D eigenvalue weighted by atomic mass is 10.0. The standard InChI is InChI=1S/C21H26N2O5S/c1-12(2)8-16(20(24)25)23-17(21(26)27)10-15-11-29-19(22-15)14-4-3-5-18-13(9-14)6-7-28-18/h3-5,9,11-12,16-18,23H,6-8,10H2,1-2H3,(H,24,25)(H,26,27)/t16-,17-,18?/m0/s1. The van der Waals surface area contributed by atoms with E-state index >= 15 is 0 Å². The van der Waals surface area contributed by atoms with Crippen LogP contribution in [0.25, 0.3) is 5.57 Å². The summed E-state index contributed by atoms with van der Waals surface area (Å²) in [5.74, 6) is -1.99. The number of fused-ring (bicyclic) bond motifs is 1. The molecule has 1 unspecified atom stereocenters. The van der Waals surface area contributed by atoms with Gasteiger partial charge in [0.2, 0.25) is 0 Å². The minimum atomic E-state index is -1.08. The lowest BCUT2D eigenvalue weighted by Gasteiger charge is -2.21. The number of carboxylic acids is 2. The number of carboxylic acid groups (broad SMARTS) is 2. The summed E-state index contributed by atoms with van der Waals surface area (Å²) in [5.41, 5.74) is 2.82. The zero-order chi connectivity index (χ0) is 21.0. The molecule has 3 atom stereocenters. The van der Waals surface area contributed by atoms with Crippen molar-refractivity contribution < 1.29 is 24.5 Å². The first-order valence-corrected chi connectivity index (χ1v) is 10.6. The van der Waals surface area contributed by atoms with Gasteiger partial charge in [-0.15, -0.1) is 11.3 Å². The molecule has 3 N–H and O–H groups in total. The van der Waals surface area contributed by atoms with Crippen molar-refractivity contribution in [1.82, 2.24) is 10.3 Å². The van der Waals surface area contributed by atoms with Gasteiger partial charge in [0.15, 0.2) is 0 Å². The van der Waals surface area contributed by atoms with E-state index in [-0.39, 0.29) is 18.4 Å². The molecule has 2 heterocycles. The Balaban J connectivity index is 1.72. The summed E-state index contributed by atoms with van der Waals surface area (Å²) in [6.07, 6.45) is 9.45. The number of aromatic nitrogens is 1. The highest BCUT2D eigenvalue weighted by Gasteiger charge is 2.28. The van der Waals surface area contributed by atoms with Crippen molar-refractivity contribution in [2.24, 2.45) is 5.92 Å². The van der Waals surface area contributed by atoms with Gasteiger partial charge in [0.25, 0.3) is 0 Å². The molecule has 0 spiro atoms. The average molecular weight is 419 g/mol. The fourth-order valence-electron chi connectivity index (χ4n) is 3.44. The molecule has 156 valence electrons. The molecule has 8 heteroatoms. The first kappa shape index (κ1) is 21.4. The Labute approximate surface area is 173 Å². The Kier molecular flexibility index (Phi) is 7.00. The summed E-state index contributed by atoms with van der Waals surface area (Å²) >= 11 is 1.45. The van der Waals surface area contributed by atoms with E-state index in [1.54, 1.807) is 0 Å². The van der Waals surface area contributed by atoms with Crippen LogP contribution >= 0.6 is 11.3 Å². The molecule has 0 saturated carbocycles. The second-order valence-electron chi connectivity index (χ2n) is 7.69. The Morgan fingerprint density at radius 2 is 2.07 bits per heavy atom. The molecule has 7 nitrogen and oxygen atoms in total. The number of hydrogen-bond donors (Lipinski definition) is 3. The van der Waals surface area contributed by atoms with E-state index in [1.165, 1.54) is 16.9 Å². The van der Waals surface area contributed by atoms with E-state index in [2.05, 4.69) is 16.4 Å². The second-order valence-corrected chi connectivity index (χ2v) is 8.55. The SMILES string of the molecule is CC(C)C[C@H](N[C@@H](Cc1csc(C2=CC=CC3OCCC3=C2)n1)C(=O)O)C(=O)O. The third kappa shape index (κ3) is 5.62. The first-order chi connectivity index (χ1) is 13.8. The van der Waals surface area contributed by atoms with E-state index in [0.717, 1.165) is 17.0 Å². The minimum absolute atomic E-state index is 0.0256. The smallest absolute Gasteiger partial charge is 0.321 e. The molecule has 29 heavy (non-hydrogen) atoms. The van der Waals surface area contributed by atoms with Crippen molar-refractivity contribution in [2.75, 3.05) is 6.61 Å². The number of hydrogen-bond acceptors (Lipinski definition) is 6. The van der Waals surface area contributed by atoms with Crippen LogP contribution in [0.3, 0.4) is 0 Å². The molecule has 1 aliphatic heterocycles. The van der Waals surface area contributed by atoms with Crippen LogP contribution in [0.15, 0.2) is 35.3 Å². The molecule has 0 bridgehead atoms. The van der Waals surface area contributed by atoms with Gasteiger partial charge in [0.05, 0.1) is 18.4 Å². The third-order valence-corrected chi connectivity index (χ3v) is 5.81. The molecule has 2 aliphatic rings. The molecule has 1 saturated heterocycles.